The van der Waals surface area contributed by atoms with Crippen molar-refractivity contribution in [3.8, 4) is 0 Å². The number of nitrogens with one attached hydrogen (secondary N) is 1. The maximum absolute atomic E-state index is 12.2. The Kier molecular flexibility index (Phi) is 7.16. The van der Waals surface area contributed by atoms with Crippen LogP contribution in [0.25, 0.3) is 0 Å². The molecule has 0 radical (unpaired) electrons. The van der Waals surface area contributed by atoms with E-state index in [1.807, 2.05) is 25.1 Å². The molecule has 1 aromatic rings. The molecular weight excluding hydrogens is 277 g/mol. The molecule has 114 valence electrons. The van der Waals surface area contributed by atoms with Gasteiger partial charge in [-0.3, -0.25) is 4.39 Å². The molecule has 20 heavy (non-hydrogen) atoms. The van der Waals surface area contributed by atoms with Crippen molar-refractivity contribution in [2.75, 3.05) is 19.5 Å². The third-order valence-electron chi connectivity index (χ3n) is 3.41. The molecule has 1 rings (SSSR count). The van der Waals surface area contributed by atoms with Gasteiger partial charge in [-0.15, -0.1) is 0 Å². The van der Waals surface area contributed by atoms with Crippen LogP contribution in [0.5, 0.6) is 0 Å². The summed E-state index contributed by atoms with van der Waals surface area (Å²) in [7, 11) is -3.17. The minimum atomic E-state index is -3.17. The molecule has 0 amide bonds. The number of halogens is 1. The maximum Gasteiger partial charge on any atom is 0.208 e. The minimum Gasteiger partial charge on any atom is -0.251 e. The highest BCUT2D eigenvalue weighted by Gasteiger charge is 2.15. The molecular formula is C15H24FNO2S. The fourth-order valence-corrected chi connectivity index (χ4v) is 2.80. The quantitative estimate of drug-likeness (QED) is 0.713. The van der Waals surface area contributed by atoms with Gasteiger partial charge in [0.2, 0.25) is 10.0 Å². The van der Waals surface area contributed by atoms with Crippen LogP contribution in [0, 0.1) is 0 Å². The summed E-state index contributed by atoms with van der Waals surface area (Å²) in [4.78, 5) is 0. The van der Waals surface area contributed by atoms with E-state index in [-0.39, 0.29) is 12.6 Å². The first-order valence-electron chi connectivity index (χ1n) is 7.06. The first-order chi connectivity index (χ1) is 9.48. The number of sulfonamides is 1. The number of hydrogen-bond acceptors (Lipinski definition) is 2. The number of rotatable bonds is 9. The predicted molar refractivity (Wildman–Crippen MR) is 81.2 cm³/mol. The van der Waals surface area contributed by atoms with Gasteiger partial charge < -0.3 is 0 Å². The van der Waals surface area contributed by atoms with Gasteiger partial charge in [-0.2, -0.15) is 0 Å². The molecule has 0 saturated heterocycles. The molecule has 0 aliphatic heterocycles. The van der Waals surface area contributed by atoms with E-state index in [0.29, 0.717) is 13.0 Å². The first kappa shape index (κ1) is 17.1. The lowest BCUT2D eigenvalue weighted by molar-refractivity contribution is 0.461. The van der Waals surface area contributed by atoms with Crippen molar-refractivity contribution < 1.29 is 12.8 Å². The highest BCUT2D eigenvalue weighted by atomic mass is 32.2. The Morgan fingerprint density at radius 2 is 1.95 bits per heavy atom. The van der Waals surface area contributed by atoms with Crippen molar-refractivity contribution in [1.29, 1.82) is 0 Å². The molecule has 1 unspecified atom stereocenters. The van der Waals surface area contributed by atoms with Crippen LogP contribution in [0.2, 0.25) is 0 Å². The van der Waals surface area contributed by atoms with Crippen LogP contribution in [-0.2, 0) is 16.4 Å². The molecule has 1 N–H and O–H groups in total. The SMILES string of the molecule is CCC(CNS(C)(=O)=O)c1ccccc1CCCCF. The van der Waals surface area contributed by atoms with Crippen molar-refractivity contribution in [2.24, 2.45) is 0 Å². The monoisotopic (exact) mass is 301 g/mol. The minimum absolute atomic E-state index is 0.159. The first-order valence-corrected chi connectivity index (χ1v) is 8.95. The highest BCUT2D eigenvalue weighted by Crippen LogP contribution is 2.24. The van der Waals surface area contributed by atoms with E-state index in [9.17, 15) is 12.8 Å². The third-order valence-corrected chi connectivity index (χ3v) is 4.10. The molecule has 1 atom stereocenters. The zero-order valence-corrected chi connectivity index (χ0v) is 13.0. The van der Waals surface area contributed by atoms with Crippen LogP contribution >= 0.6 is 0 Å². The van der Waals surface area contributed by atoms with E-state index in [0.717, 1.165) is 19.3 Å². The highest BCUT2D eigenvalue weighted by molar-refractivity contribution is 7.88. The van der Waals surface area contributed by atoms with Crippen LogP contribution in [0.3, 0.4) is 0 Å². The number of benzene rings is 1. The number of aryl methyl sites for hydroxylation is 1. The summed E-state index contributed by atoms with van der Waals surface area (Å²) in [6.45, 7) is 2.18. The summed E-state index contributed by atoms with van der Waals surface area (Å²) in [6, 6.07) is 8.04. The fourth-order valence-electron chi connectivity index (χ4n) is 2.30. The topological polar surface area (TPSA) is 46.2 Å². The van der Waals surface area contributed by atoms with Gasteiger partial charge in [0.1, 0.15) is 0 Å². The smallest absolute Gasteiger partial charge is 0.208 e. The fraction of sp³-hybridized carbons (Fsp3) is 0.600. The third kappa shape index (κ3) is 6.01. The maximum atomic E-state index is 12.2. The summed E-state index contributed by atoms with van der Waals surface area (Å²) < 4.78 is 37.2. The van der Waals surface area contributed by atoms with E-state index >= 15 is 0 Å². The number of hydrogen-bond donors (Lipinski definition) is 1. The molecule has 0 bridgehead atoms. The van der Waals surface area contributed by atoms with E-state index < -0.39 is 10.0 Å². The molecule has 0 heterocycles. The van der Waals surface area contributed by atoms with Crippen LogP contribution in [0.4, 0.5) is 4.39 Å². The summed E-state index contributed by atoms with van der Waals surface area (Å²) >= 11 is 0. The van der Waals surface area contributed by atoms with E-state index in [2.05, 4.69) is 10.8 Å². The Labute approximate surface area is 121 Å². The molecule has 0 spiro atoms. The largest absolute Gasteiger partial charge is 0.251 e. The average molecular weight is 301 g/mol. The zero-order valence-electron chi connectivity index (χ0n) is 12.2. The average Bonchev–Trinajstić information content (AvgIpc) is 2.40. The Hall–Kier alpha value is -0.940. The lowest BCUT2D eigenvalue weighted by Gasteiger charge is -2.19. The van der Waals surface area contributed by atoms with Crippen molar-refractivity contribution >= 4 is 10.0 Å². The van der Waals surface area contributed by atoms with Crippen molar-refractivity contribution in [3.63, 3.8) is 0 Å². The molecule has 1 aromatic carbocycles. The van der Waals surface area contributed by atoms with Crippen LogP contribution in [0.1, 0.15) is 43.2 Å². The second kappa shape index (κ2) is 8.37. The van der Waals surface area contributed by atoms with E-state index in [4.69, 9.17) is 0 Å². The van der Waals surface area contributed by atoms with E-state index in [1.54, 1.807) is 0 Å². The lowest BCUT2D eigenvalue weighted by atomic mass is 9.90. The standard InChI is InChI=1S/C15H24FNO2S/c1-3-13(12-17-20(2,18)19)15-10-5-4-8-14(15)9-6-7-11-16/h4-5,8,10,13,17H,3,6-7,9,11-12H2,1-2H3. The van der Waals surface area contributed by atoms with Gasteiger partial charge >= 0.3 is 0 Å². The van der Waals surface area contributed by atoms with Gasteiger partial charge in [-0.25, -0.2) is 13.1 Å². The molecule has 5 heteroatoms. The van der Waals surface area contributed by atoms with Gasteiger partial charge in [0.05, 0.1) is 12.9 Å². The van der Waals surface area contributed by atoms with Crippen LogP contribution < -0.4 is 4.72 Å². The van der Waals surface area contributed by atoms with Gasteiger partial charge in [0.25, 0.3) is 0 Å². The Morgan fingerprint density at radius 1 is 1.25 bits per heavy atom. The molecule has 0 aromatic heterocycles. The number of alkyl halides is 1. The van der Waals surface area contributed by atoms with Crippen LogP contribution in [-0.4, -0.2) is 27.9 Å². The Balaban J connectivity index is 2.80. The molecule has 0 aliphatic carbocycles. The van der Waals surface area contributed by atoms with Gasteiger partial charge in [0.15, 0.2) is 0 Å². The normalized spacial score (nSPS) is 13.3. The number of unbranched alkanes of at least 4 members (excludes halogenated alkanes) is 1. The van der Waals surface area contributed by atoms with Crippen LogP contribution in [0.15, 0.2) is 24.3 Å². The Morgan fingerprint density at radius 3 is 2.55 bits per heavy atom. The summed E-state index contributed by atoms with van der Waals surface area (Å²) in [5, 5.41) is 0. The lowest BCUT2D eigenvalue weighted by Crippen LogP contribution is -2.27. The summed E-state index contributed by atoms with van der Waals surface area (Å²) in [6.07, 6.45) is 4.28. The Bertz CT molecular complexity index is 502. The second-order valence-electron chi connectivity index (χ2n) is 5.07. The van der Waals surface area contributed by atoms with Crippen molar-refractivity contribution in [2.45, 2.75) is 38.5 Å². The molecule has 0 fully saturated rings. The van der Waals surface area contributed by atoms with Crippen molar-refractivity contribution in [3.05, 3.63) is 35.4 Å². The zero-order chi connectivity index (χ0) is 15.0. The van der Waals surface area contributed by atoms with Gasteiger partial charge in [-0.05, 0) is 42.7 Å². The van der Waals surface area contributed by atoms with Crippen molar-refractivity contribution in [1.82, 2.24) is 4.72 Å². The summed E-state index contributed by atoms with van der Waals surface area (Å²) in [5.41, 5.74) is 2.37. The molecule has 3 nitrogen and oxygen atoms in total. The summed E-state index contributed by atoms with van der Waals surface area (Å²) in [5.74, 6) is 0.159. The molecule has 0 aliphatic rings. The van der Waals surface area contributed by atoms with E-state index in [1.165, 1.54) is 17.4 Å². The molecule has 0 saturated carbocycles. The predicted octanol–water partition coefficient (Wildman–Crippen LogP) is 3.02. The van der Waals surface area contributed by atoms with Gasteiger partial charge in [0, 0.05) is 6.54 Å². The van der Waals surface area contributed by atoms with Gasteiger partial charge in [-0.1, -0.05) is 31.2 Å². The second-order valence-corrected chi connectivity index (χ2v) is 6.90.